The molecule has 8 heteroatoms. The van der Waals surface area contributed by atoms with E-state index in [9.17, 15) is 13.2 Å². The van der Waals surface area contributed by atoms with E-state index in [0.717, 1.165) is 16.9 Å². The van der Waals surface area contributed by atoms with Crippen LogP contribution in [-0.2, 0) is 19.6 Å². The van der Waals surface area contributed by atoms with Crippen LogP contribution < -0.4 is 4.72 Å². The molecule has 1 fully saturated rings. The van der Waals surface area contributed by atoms with Gasteiger partial charge in [-0.15, -0.1) is 11.3 Å². The predicted octanol–water partition coefficient (Wildman–Crippen LogP) is 2.72. The van der Waals surface area contributed by atoms with Crippen LogP contribution in [0.4, 0.5) is 0 Å². The maximum atomic E-state index is 12.3. The van der Waals surface area contributed by atoms with Gasteiger partial charge in [-0.05, 0) is 44.2 Å². The van der Waals surface area contributed by atoms with Crippen molar-refractivity contribution in [2.75, 3.05) is 7.11 Å². The van der Waals surface area contributed by atoms with E-state index in [0.29, 0.717) is 30.0 Å². The standard InChI is InChI=1S/C13H18ClNO4S2/c1-8-7-11(20-12(8)14)21(17,18)15-10-5-3-9(4-6-10)13(16)19-2/h7,9-10,15H,3-6H2,1-2H3. The van der Waals surface area contributed by atoms with E-state index in [2.05, 4.69) is 4.72 Å². The maximum absolute atomic E-state index is 12.3. The number of hydrogen-bond donors (Lipinski definition) is 1. The number of methoxy groups -OCH3 is 1. The van der Waals surface area contributed by atoms with Gasteiger partial charge < -0.3 is 4.74 Å². The van der Waals surface area contributed by atoms with Crippen molar-refractivity contribution in [3.8, 4) is 0 Å². The summed E-state index contributed by atoms with van der Waals surface area (Å²) in [4.78, 5) is 11.4. The first kappa shape index (κ1) is 16.7. The number of halogens is 1. The van der Waals surface area contributed by atoms with Crippen molar-refractivity contribution in [3.63, 3.8) is 0 Å². The lowest BCUT2D eigenvalue weighted by Crippen LogP contribution is -2.38. The summed E-state index contributed by atoms with van der Waals surface area (Å²) in [5.74, 6) is -0.328. The first-order chi connectivity index (χ1) is 9.83. The Morgan fingerprint density at radius 1 is 1.38 bits per heavy atom. The van der Waals surface area contributed by atoms with E-state index in [-0.39, 0.29) is 22.1 Å². The minimum Gasteiger partial charge on any atom is -0.469 e. The maximum Gasteiger partial charge on any atom is 0.308 e. The van der Waals surface area contributed by atoms with Gasteiger partial charge in [0.15, 0.2) is 0 Å². The normalized spacial score (nSPS) is 23.0. The Bertz CT molecular complexity index is 599. The number of sulfonamides is 1. The van der Waals surface area contributed by atoms with E-state index in [1.807, 2.05) is 0 Å². The molecule has 1 aliphatic rings. The Balaban J connectivity index is 1.98. The Morgan fingerprint density at radius 3 is 2.48 bits per heavy atom. The lowest BCUT2D eigenvalue weighted by atomic mass is 9.86. The number of esters is 1. The zero-order valence-electron chi connectivity index (χ0n) is 11.9. The minimum atomic E-state index is -3.54. The van der Waals surface area contributed by atoms with Gasteiger partial charge in [0, 0.05) is 6.04 Å². The Morgan fingerprint density at radius 2 is 2.00 bits per heavy atom. The van der Waals surface area contributed by atoms with Gasteiger partial charge in [-0.2, -0.15) is 0 Å². The van der Waals surface area contributed by atoms with Gasteiger partial charge in [0.1, 0.15) is 4.21 Å². The Kier molecular flexibility index (Phi) is 5.29. The van der Waals surface area contributed by atoms with Gasteiger partial charge >= 0.3 is 5.97 Å². The molecule has 0 atom stereocenters. The molecular formula is C13H18ClNO4S2. The van der Waals surface area contributed by atoms with Crippen molar-refractivity contribution in [1.29, 1.82) is 0 Å². The van der Waals surface area contributed by atoms with E-state index < -0.39 is 10.0 Å². The summed E-state index contributed by atoms with van der Waals surface area (Å²) in [5, 5.41) is 0. The minimum absolute atomic E-state index is 0.116. The van der Waals surface area contributed by atoms with Crippen LogP contribution in [0.3, 0.4) is 0 Å². The summed E-state index contributed by atoms with van der Waals surface area (Å²) in [7, 11) is -2.16. The fourth-order valence-electron chi connectivity index (χ4n) is 2.46. The van der Waals surface area contributed by atoms with E-state index in [1.54, 1.807) is 13.0 Å². The fraction of sp³-hybridized carbons (Fsp3) is 0.615. The average molecular weight is 352 g/mol. The van der Waals surface area contributed by atoms with Crippen LogP contribution in [0, 0.1) is 12.8 Å². The predicted molar refractivity (Wildman–Crippen MR) is 82.1 cm³/mol. The van der Waals surface area contributed by atoms with Gasteiger partial charge in [0.05, 0.1) is 17.4 Å². The van der Waals surface area contributed by atoms with Gasteiger partial charge in [-0.1, -0.05) is 11.6 Å². The van der Waals surface area contributed by atoms with Crippen LogP contribution in [0.5, 0.6) is 0 Å². The number of nitrogens with one attached hydrogen (secondary N) is 1. The first-order valence-electron chi connectivity index (χ1n) is 6.69. The summed E-state index contributed by atoms with van der Waals surface area (Å²) < 4.78 is 32.7. The molecule has 1 aliphatic carbocycles. The van der Waals surface area contributed by atoms with Crippen molar-refractivity contribution in [1.82, 2.24) is 4.72 Å². The average Bonchev–Trinajstić information content (AvgIpc) is 2.79. The quantitative estimate of drug-likeness (QED) is 0.846. The van der Waals surface area contributed by atoms with E-state index >= 15 is 0 Å². The second-order valence-corrected chi connectivity index (χ2v) is 8.81. The molecule has 0 saturated heterocycles. The zero-order valence-corrected chi connectivity index (χ0v) is 14.3. The van der Waals surface area contributed by atoms with Gasteiger partial charge in [-0.3, -0.25) is 4.79 Å². The molecule has 118 valence electrons. The molecule has 5 nitrogen and oxygen atoms in total. The van der Waals surface area contributed by atoms with Crippen LogP contribution in [0.2, 0.25) is 4.34 Å². The molecule has 1 heterocycles. The van der Waals surface area contributed by atoms with Crippen LogP contribution in [0.25, 0.3) is 0 Å². The Hall–Kier alpha value is -0.630. The molecule has 21 heavy (non-hydrogen) atoms. The zero-order chi connectivity index (χ0) is 15.6. The molecule has 0 unspecified atom stereocenters. The summed E-state index contributed by atoms with van der Waals surface area (Å²) >= 11 is 6.98. The fourth-order valence-corrected chi connectivity index (χ4v) is 5.48. The summed E-state index contributed by atoms with van der Waals surface area (Å²) in [6.45, 7) is 1.78. The van der Waals surface area contributed by atoms with Crippen LogP contribution in [0.15, 0.2) is 10.3 Å². The monoisotopic (exact) mass is 351 g/mol. The SMILES string of the molecule is COC(=O)C1CCC(NS(=O)(=O)c2cc(C)c(Cl)s2)CC1. The van der Waals surface area contributed by atoms with Gasteiger partial charge in [0.2, 0.25) is 10.0 Å². The number of aryl methyl sites for hydroxylation is 1. The molecule has 0 radical (unpaired) electrons. The summed E-state index contributed by atoms with van der Waals surface area (Å²) in [5.41, 5.74) is 0.761. The number of carbonyl (C=O) groups is 1. The molecule has 1 N–H and O–H groups in total. The van der Waals surface area contributed by atoms with Crippen molar-refractivity contribution in [2.45, 2.75) is 42.9 Å². The lowest BCUT2D eigenvalue weighted by molar-refractivity contribution is -0.146. The molecular weight excluding hydrogens is 334 g/mol. The largest absolute Gasteiger partial charge is 0.469 e. The number of carbonyl (C=O) groups excluding carboxylic acids is 1. The van der Waals surface area contributed by atoms with Crippen molar-refractivity contribution < 1.29 is 17.9 Å². The number of rotatable bonds is 4. The van der Waals surface area contributed by atoms with Crippen LogP contribution in [0.1, 0.15) is 31.2 Å². The first-order valence-corrected chi connectivity index (χ1v) is 9.37. The lowest BCUT2D eigenvalue weighted by Gasteiger charge is -2.27. The highest BCUT2D eigenvalue weighted by molar-refractivity contribution is 7.91. The molecule has 0 aliphatic heterocycles. The molecule has 0 amide bonds. The molecule has 2 rings (SSSR count). The van der Waals surface area contributed by atoms with Gasteiger partial charge in [0.25, 0.3) is 0 Å². The van der Waals surface area contributed by atoms with E-state index in [4.69, 9.17) is 16.3 Å². The van der Waals surface area contributed by atoms with E-state index in [1.165, 1.54) is 7.11 Å². The third kappa shape index (κ3) is 3.97. The van der Waals surface area contributed by atoms with Crippen molar-refractivity contribution >= 4 is 38.9 Å². The van der Waals surface area contributed by atoms with Crippen LogP contribution in [-0.4, -0.2) is 27.5 Å². The summed E-state index contributed by atoms with van der Waals surface area (Å²) in [6.07, 6.45) is 2.56. The molecule has 1 aromatic rings. The second-order valence-electron chi connectivity index (χ2n) is 5.22. The highest BCUT2D eigenvalue weighted by atomic mass is 35.5. The molecule has 0 bridgehead atoms. The van der Waals surface area contributed by atoms with Crippen molar-refractivity contribution in [2.24, 2.45) is 5.92 Å². The molecule has 1 aromatic heterocycles. The summed E-state index contributed by atoms with van der Waals surface area (Å²) in [6, 6.07) is 1.44. The Labute approximate surface area is 133 Å². The van der Waals surface area contributed by atoms with Gasteiger partial charge in [-0.25, -0.2) is 13.1 Å². The highest BCUT2D eigenvalue weighted by Crippen LogP contribution is 2.31. The highest BCUT2D eigenvalue weighted by Gasteiger charge is 2.30. The third-order valence-electron chi connectivity index (χ3n) is 3.68. The number of thiophene rings is 1. The van der Waals surface area contributed by atoms with Crippen molar-refractivity contribution in [3.05, 3.63) is 16.0 Å². The third-order valence-corrected chi connectivity index (χ3v) is 7.23. The number of ether oxygens (including phenoxy) is 1. The molecule has 1 saturated carbocycles. The number of hydrogen-bond acceptors (Lipinski definition) is 5. The topological polar surface area (TPSA) is 72.5 Å². The van der Waals surface area contributed by atoms with Crippen LogP contribution >= 0.6 is 22.9 Å². The smallest absolute Gasteiger partial charge is 0.308 e. The molecule has 0 aromatic carbocycles. The molecule has 0 spiro atoms. The second kappa shape index (κ2) is 6.64.